The minimum absolute atomic E-state index is 0.000496. The summed E-state index contributed by atoms with van der Waals surface area (Å²) in [6.07, 6.45) is 8.49. The monoisotopic (exact) mass is 372 g/mol. The molecule has 4 rings (SSSR count). The standard InChI is InChI=1S/C22H28O5/c1-13(23)22(27-14(2)24)10-7-18-19-17(6-9-21(18,22)4)20(3)8-5-16(25)11-15(20)12-26-19/h5,8,11,17-19H,6-7,9-10,12H2,1-4H3/t17-,18-,19+,20-,21-,22-/m0/s1. The van der Waals surface area contributed by atoms with Crippen LogP contribution in [0.4, 0.5) is 0 Å². The van der Waals surface area contributed by atoms with Gasteiger partial charge in [0.25, 0.3) is 0 Å². The molecule has 5 nitrogen and oxygen atoms in total. The van der Waals surface area contributed by atoms with Crippen LogP contribution in [0.3, 0.4) is 0 Å². The molecule has 4 aliphatic rings. The molecule has 5 heteroatoms. The number of esters is 1. The highest BCUT2D eigenvalue weighted by Crippen LogP contribution is 2.65. The van der Waals surface area contributed by atoms with Crippen molar-refractivity contribution in [3.8, 4) is 0 Å². The third-order valence-corrected chi connectivity index (χ3v) is 8.01. The highest BCUT2D eigenvalue weighted by molar-refractivity contribution is 6.01. The fraction of sp³-hybridized carbons (Fsp3) is 0.682. The molecular formula is C22H28O5. The molecule has 0 aromatic carbocycles. The molecule has 6 atom stereocenters. The summed E-state index contributed by atoms with van der Waals surface area (Å²) in [4.78, 5) is 36.3. The Balaban J connectivity index is 1.71. The summed E-state index contributed by atoms with van der Waals surface area (Å²) < 4.78 is 12.1. The molecule has 0 aromatic rings. The zero-order valence-corrected chi connectivity index (χ0v) is 16.5. The molecule has 27 heavy (non-hydrogen) atoms. The van der Waals surface area contributed by atoms with Crippen LogP contribution in [0.5, 0.6) is 0 Å². The second-order valence-electron chi connectivity index (χ2n) is 9.15. The van der Waals surface area contributed by atoms with E-state index in [0.717, 1.165) is 24.8 Å². The molecule has 0 aromatic heterocycles. The van der Waals surface area contributed by atoms with Crippen LogP contribution < -0.4 is 0 Å². The lowest BCUT2D eigenvalue weighted by molar-refractivity contribution is -0.196. The van der Waals surface area contributed by atoms with E-state index in [1.165, 1.54) is 6.92 Å². The highest BCUT2D eigenvalue weighted by atomic mass is 16.6. The topological polar surface area (TPSA) is 69.7 Å². The maximum absolute atomic E-state index is 12.7. The predicted octanol–water partition coefficient (Wildman–Crippen LogP) is 3.17. The van der Waals surface area contributed by atoms with Gasteiger partial charge < -0.3 is 9.47 Å². The minimum Gasteiger partial charge on any atom is -0.451 e. The van der Waals surface area contributed by atoms with Crippen LogP contribution in [0.15, 0.2) is 23.8 Å². The fourth-order valence-corrected chi connectivity index (χ4v) is 6.50. The van der Waals surface area contributed by atoms with E-state index < -0.39 is 17.0 Å². The smallest absolute Gasteiger partial charge is 0.303 e. The molecule has 0 N–H and O–H groups in total. The quantitative estimate of drug-likeness (QED) is 0.697. The first-order valence-electron chi connectivity index (χ1n) is 9.90. The van der Waals surface area contributed by atoms with Gasteiger partial charge in [-0.05, 0) is 62.2 Å². The Morgan fingerprint density at radius 1 is 1.15 bits per heavy atom. The fourth-order valence-electron chi connectivity index (χ4n) is 6.50. The lowest BCUT2D eigenvalue weighted by atomic mass is 9.52. The van der Waals surface area contributed by atoms with Crippen molar-refractivity contribution < 1.29 is 23.9 Å². The zero-order valence-electron chi connectivity index (χ0n) is 16.5. The Morgan fingerprint density at radius 3 is 2.52 bits per heavy atom. The number of carbonyl (C=O) groups is 3. The molecule has 2 saturated carbocycles. The van der Waals surface area contributed by atoms with Crippen molar-refractivity contribution in [2.45, 2.75) is 65.1 Å². The molecule has 0 spiro atoms. The van der Waals surface area contributed by atoms with Crippen LogP contribution in [-0.2, 0) is 23.9 Å². The number of ether oxygens (including phenoxy) is 2. The van der Waals surface area contributed by atoms with Gasteiger partial charge in [0.05, 0.1) is 12.7 Å². The molecule has 0 unspecified atom stereocenters. The maximum atomic E-state index is 12.7. The average molecular weight is 372 g/mol. The molecule has 0 bridgehead atoms. The van der Waals surface area contributed by atoms with Crippen molar-refractivity contribution in [2.75, 3.05) is 6.61 Å². The molecular weight excluding hydrogens is 344 g/mol. The van der Waals surface area contributed by atoms with E-state index in [0.29, 0.717) is 13.0 Å². The number of hydrogen-bond acceptors (Lipinski definition) is 5. The molecule has 3 aliphatic carbocycles. The van der Waals surface area contributed by atoms with Gasteiger partial charge in [0.2, 0.25) is 0 Å². The molecule has 3 fully saturated rings. The van der Waals surface area contributed by atoms with Gasteiger partial charge in [-0.1, -0.05) is 19.9 Å². The van der Waals surface area contributed by atoms with E-state index >= 15 is 0 Å². The lowest BCUT2D eigenvalue weighted by Gasteiger charge is -2.57. The average Bonchev–Trinajstić information content (AvgIpc) is 2.89. The summed E-state index contributed by atoms with van der Waals surface area (Å²) in [5, 5.41) is 0. The molecule has 1 aliphatic heterocycles. The van der Waals surface area contributed by atoms with Crippen molar-refractivity contribution in [3.63, 3.8) is 0 Å². The first-order valence-corrected chi connectivity index (χ1v) is 9.90. The van der Waals surface area contributed by atoms with Gasteiger partial charge in [0.1, 0.15) is 0 Å². The molecule has 1 saturated heterocycles. The van der Waals surface area contributed by atoms with Crippen molar-refractivity contribution in [1.29, 1.82) is 0 Å². The molecule has 0 radical (unpaired) electrons. The Hall–Kier alpha value is -1.75. The number of fused-ring (bicyclic) bond motifs is 5. The Kier molecular flexibility index (Phi) is 4.05. The third kappa shape index (κ3) is 2.36. The SMILES string of the molecule is CC(=O)O[C@]1(C(C)=O)CC[C@H]2[C@@H]3OCC4=CC(=O)C=C[C@]4(C)[C@H]3CC[C@@]21C. The predicted molar refractivity (Wildman–Crippen MR) is 98.8 cm³/mol. The van der Waals surface area contributed by atoms with Gasteiger partial charge in [0.15, 0.2) is 17.2 Å². The summed E-state index contributed by atoms with van der Waals surface area (Å²) in [5.41, 5.74) is -0.596. The second kappa shape index (κ2) is 5.87. The van der Waals surface area contributed by atoms with Gasteiger partial charge in [-0.25, -0.2) is 0 Å². The van der Waals surface area contributed by atoms with Crippen LogP contribution in [0, 0.1) is 22.7 Å². The molecule has 0 amide bonds. The molecule has 1 heterocycles. The zero-order chi connectivity index (χ0) is 19.6. The van der Waals surface area contributed by atoms with Gasteiger partial charge in [-0.2, -0.15) is 0 Å². The summed E-state index contributed by atoms with van der Waals surface area (Å²) >= 11 is 0. The van der Waals surface area contributed by atoms with Crippen LogP contribution in [0.1, 0.15) is 53.4 Å². The first-order chi connectivity index (χ1) is 12.6. The van der Waals surface area contributed by atoms with Crippen LogP contribution in [0.2, 0.25) is 0 Å². The van der Waals surface area contributed by atoms with Crippen molar-refractivity contribution in [1.82, 2.24) is 0 Å². The van der Waals surface area contributed by atoms with Crippen LogP contribution >= 0.6 is 0 Å². The van der Waals surface area contributed by atoms with E-state index in [4.69, 9.17) is 9.47 Å². The minimum atomic E-state index is -1.05. The summed E-state index contributed by atoms with van der Waals surface area (Å²) in [5.74, 6) is -0.0167. The van der Waals surface area contributed by atoms with Crippen molar-refractivity contribution >= 4 is 17.5 Å². The van der Waals surface area contributed by atoms with Crippen LogP contribution in [0.25, 0.3) is 0 Å². The highest BCUT2D eigenvalue weighted by Gasteiger charge is 2.68. The van der Waals surface area contributed by atoms with E-state index in [2.05, 4.69) is 13.8 Å². The van der Waals surface area contributed by atoms with E-state index in [1.807, 2.05) is 6.08 Å². The Morgan fingerprint density at radius 2 is 1.85 bits per heavy atom. The van der Waals surface area contributed by atoms with Crippen molar-refractivity contribution in [3.05, 3.63) is 23.8 Å². The Labute approximate surface area is 160 Å². The van der Waals surface area contributed by atoms with Gasteiger partial charge in [0, 0.05) is 17.8 Å². The van der Waals surface area contributed by atoms with Gasteiger partial charge in [-0.3, -0.25) is 14.4 Å². The number of allylic oxidation sites excluding steroid dienone is 3. The largest absolute Gasteiger partial charge is 0.451 e. The first kappa shape index (κ1) is 18.6. The number of ketones is 2. The number of Topliss-reactive ketones (excluding diaryl/α,β-unsaturated/α-hetero) is 1. The third-order valence-electron chi connectivity index (χ3n) is 8.01. The van der Waals surface area contributed by atoms with E-state index in [1.54, 1.807) is 19.1 Å². The maximum Gasteiger partial charge on any atom is 0.303 e. The number of carbonyl (C=O) groups excluding carboxylic acids is 3. The van der Waals surface area contributed by atoms with Crippen molar-refractivity contribution in [2.24, 2.45) is 22.7 Å². The van der Waals surface area contributed by atoms with Gasteiger partial charge in [-0.15, -0.1) is 0 Å². The summed E-state index contributed by atoms with van der Waals surface area (Å²) in [7, 11) is 0. The normalized spacial score (nSPS) is 45.4. The summed E-state index contributed by atoms with van der Waals surface area (Å²) in [6, 6.07) is 0. The Bertz CT molecular complexity index is 780. The lowest BCUT2D eigenvalue weighted by Crippen LogP contribution is -2.61. The molecule has 146 valence electrons. The van der Waals surface area contributed by atoms with E-state index in [9.17, 15) is 14.4 Å². The summed E-state index contributed by atoms with van der Waals surface area (Å²) in [6.45, 7) is 7.67. The van der Waals surface area contributed by atoms with Gasteiger partial charge >= 0.3 is 5.97 Å². The number of rotatable bonds is 2. The van der Waals surface area contributed by atoms with Crippen LogP contribution in [-0.4, -0.2) is 35.8 Å². The number of hydrogen-bond donors (Lipinski definition) is 0. The second-order valence-corrected chi connectivity index (χ2v) is 9.15. The van der Waals surface area contributed by atoms with E-state index in [-0.39, 0.29) is 34.9 Å².